The third-order valence-corrected chi connectivity index (χ3v) is 5.15. The first kappa shape index (κ1) is 18.7. The van der Waals surface area contributed by atoms with E-state index in [1.807, 2.05) is 30.3 Å². The number of hydrogen-bond acceptors (Lipinski definition) is 7. The highest BCUT2D eigenvalue weighted by molar-refractivity contribution is 7.99. The summed E-state index contributed by atoms with van der Waals surface area (Å²) in [7, 11) is 4.70. The fourth-order valence-corrected chi connectivity index (χ4v) is 3.54. The van der Waals surface area contributed by atoms with Gasteiger partial charge in [0, 0.05) is 7.05 Å². The van der Waals surface area contributed by atoms with E-state index in [1.54, 1.807) is 13.1 Å². The Labute approximate surface area is 160 Å². The van der Waals surface area contributed by atoms with Crippen LogP contribution in [0.2, 0.25) is 0 Å². The molecule has 3 aromatic rings. The number of ether oxygens (including phenoxy) is 2. The summed E-state index contributed by atoms with van der Waals surface area (Å²) >= 11 is 1.35. The first-order chi connectivity index (χ1) is 13.0. The third kappa shape index (κ3) is 4.03. The molecule has 0 aliphatic heterocycles. The number of rotatable bonds is 7. The summed E-state index contributed by atoms with van der Waals surface area (Å²) in [6.45, 7) is 0. The summed E-state index contributed by atoms with van der Waals surface area (Å²) in [6, 6.07) is 11.3. The molecule has 8 nitrogen and oxygen atoms in total. The number of hydrogen-bond donors (Lipinski definition) is 1. The van der Waals surface area contributed by atoms with Crippen molar-refractivity contribution >= 4 is 17.7 Å². The molecule has 0 aliphatic carbocycles. The van der Waals surface area contributed by atoms with Gasteiger partial charge in [-0.05, 0) is 5.56 Å². The number of carbonyl (C=O) groups is 1. The molecule has 1 unspecified atom stereocenters. The molecule has 0 fully saturated rings. The van der Waals surface area contributed by atoms with E-state index in [4.69, 9.17) is 9.47 Å². The number of aromatic nitrogens is 4. The van der Waals surface area contributed by atoms with E-state index in [1.165, 1.54) is 36.7 Å². The van der Waals surface area contributed by atoms with Gasteiger partial charge in [0.25, 0.3) is 0 Å². The molecule has 0 spiro atoms. The van der Waals surface area contributed by atoms with Crippen molar-refractivity contribution in [2.24, 2.45) is 7.05 Å². The quantitative estimate of drug-likeness (QED) is 0.619. The van der Waals surface area contributed by atoms with Gasteiger partial charge in [0.2, 0.25) is 11.8 Å². The van der Waals surface area contributed by atoms with Gasteiger partial charge in [-0.3, -0.25) is 0 Å². The van der Waals surface area contributed by atoms with Crippen molar-refractivity contribution in [3.05, 3.63) is 59.7 Å². The molecule has 0 saturated heterocycles. The van der Waals surface area contributed by atoms with Crippen LogP contribution in [-0.4, -0.2) is 44.8 Å². The molecule has 0 saturated carbocycles. The van der Waals surface area contributed by atoms with Crippen LogP contribution in [0.1, 0.15) is 27.1 Å². The molecule has 0 bridgehead atoms. The molecule has 1 aromatic carbocycles. The van der Waals surface area contributed by atoms with E-state index in [9.17, 15) is 9.90 Å². The van der Waals surface area contributed by atoms with Crippen molar-refractivity contribution in [1.29, 1.82) is 0 Å². The van der Waals surface area contributed by atoms with Gasteiger partial charge in [-0.15, -0.1) is 0 Å². The SMILES string of the molecule is COc1cc(OC)nc(C(Sc2ncc(C(=O)O)n2C)c2ccccc2)n1. The Bertz CT molecular complexity index is 924. The maximum absolute atomic E-state index is 11.3. The van der Waals surface area contributed by atoms with Gasteiger partial charge in [-0.1, -0.05) is 42.1 Å². The van der Waals surface area contributed by atoms with Gasteiger partial charge in [-0.2, -0.15) is 9.97 Å². The second-order valence-corrected chi connectivity index (χ2v) is 6.58. The number of carboxylic acid groups (broad SMARTS) is 1. The number of benzene rings is 1. The number of methoxy groups -OCH3 is 2. The number of nitrogens with zero attached hydrogens (tertiary/aromatic N) is 4. The summed E-state index contributed by atoms with van der Waals surface area (Å²) < 4.78 is 12.0. The Hall–Kier alpha value is -3.07. The molecule has 2 heterocycles. The Morgan fingerprint density at radius 1 is 1.15 bits per heavy atom. The van der Waals surface area contributed by atoms with Crippen molar-refractivity contribution in [3.63, 3.8) is 0 Å². The average Bonchev–Trinajstić information content (AvgIpc) is 3.06. The van der Waals surface area contributed by atoms with Crippen LogP contribution in [-0.2, 0) is 7.05 Å². The summed E-state index contributed by atoms with van der Waals surface area (Å²) in [6.07, 6.45) is 1.33. The van der Waals surface area contributed by atoms with Crippen molar-refractivity contribution in [2.75, 3.05) is 14.2 Å². The van der Waals surface area contributed by atoms with Crippen LogP contribution < -0.4 is 9.47 Å². The molecule has 1 N–H and O–H groups in total. The van der Waals surface area contributed by atoms with E-state index < -0.39 is 5.97 Å². The molecular formula is C18H18N4O4S. The average molecular weight is 386 g/mol. The summed E-state index contributed by atoms with van der Waals surface area (Å²) in [5, 5.41) is 9.45. The minimum atomic E-state index is -1.03. The van der Waals surface area contributed by atoms with Crippen molar-refractivity contribution in [2.45, 2.75) is 10.4 Å². The number of thioether (sulfide) groups is 1. The molecule has 27 heavy (non-hydrogen) atoms. The smallest absolute Gasteiger partial charge is 0.354 e. The van der Waals surface area contributed by atoms with Gasteiger partial charge < -0.3 is 19.1 Å². The van der Waals surface area contributed by atoms with Crippen LogP contribution in [0.5, 0.6) is 11.8 Å². The third-order valence-electron chi connectivity index (χ3n) is 3.84. The molecule has 2 aromatic heterocycles. The Morgan fingerprint density at radius 2 is 1.78 bits per heavy atom. The first-order valence-corrected chi connectivity index (χ1v) is 8.85. The lowest BCUT2D eigenvalue weighted by Crippen LogP contribution is -2.08. The zero-order chi connectivity index (χ0) is 19.4. The fraction of sp³-hybridized carbons (Fsp3) is 0.222. The predicted octanol–water partition coefficient (Wildman–Crippen LogP) is 2.81. The van der Waals surface area contributed by atoms with Gasteiger partial charge in [-0.25, -0.2) is 9.78 Å². The predicted molar refractivity (Wildman–Crippen MR) is 99.4 cm³/mol. The van der Waals surface area contributed by atoms with Crippen LogP contribution in [0.3, 0.4) is 0 Å². The lowest BCUT2D eigenvalue weighted by molar-refractivity contribution is 0.0685. The number of imidazole rings is 1. The number of aromatic carboxylic acids is 1. The normalized spacial score (nSPS) is 11.8. The summed E-state index contributed by atoms with van der Waals surface area (Å²) in [4.78, 5) is 24.5. The highest BCUT2D eigenvalue weighted by atomic mass is 32.2. The van der Waals surface area contributed by atoms with E-state index in [-0.39, 0.29) is 10.9 Å². The molecular weight excluding hydrogens is 368 g/mol. The molecule has 140 valence electrons. The van der Waals surface area contributed by atoms with Crippen LogP contribution in [0, 0.1) is 0 Å². The fourth-order valence-electron chi connectivity index (χ4n) is 2.45. The Morgan fingerprint density at radius 3 is 2.30 bits per heavy atom. The van der Waals surface area contributed by atoms with Crippen molar-refractivity contribution < 1.29 is 19.4 Å². The molecule has 3 rings (SSSR count). The Kier molecular flexibility index (Phi) is 5.60. The van der Waals surface area contributed by atoms with Crippen LogP contribution in [0.25, 0.3) is 0 Å². The zero-order valence-electron chi connectivity index (χ0n) is 15.0. The van der Waals surface area contributed by atoms with E-state index in [0.29, 0.717) is 22.7 Å². The lowest BCUT2D eigenvalue weighted by atomic mass is 10.1. The van der Waals surface area contributed by atoms with Gasteiger partial charge in [0.1, 0.15) is 5.69 Å². The van der Waals surface area contributed by atoms with Crippen LogP contribution in [0.15, 0.2) is 47.8 Å². The van der Waals surface area contributed by atoms with Gasteiger partial charge in [0.05, 0.1) is 31.7 Å². The van der Waals surface area contributed by atoms with Crippen LogP contribution >= 0.6 is 11.8 Å². The molecule has 0 amide bonds. The van der Waals surface area contributed by atoms with Crippen molar-refractivity contribution in [3.8, 4) is 11.8 Å². The maximum atomic E-state index is 11.3. The Balaban J connectivity index is 2.07. The molecule has 0 aliphatic rings. The topological polar surface area (TPSA) is 99.4 Å². The molecule has 0 radical (unpaired) electrons. The highest BCUT2D eigenvalue weighted by Gasteiger charge is 2.24. The largest absolute Gasteiger partial charge is 0.481 e. The summed E-state index contributed by atoms with van der Waals surface area (Å²) in [5.41, 5.74) is 1.05. The second-order valence-electron chi connectivity index (χ2n) is 5.51. The lowest BCUT2D eigenvalue weighted by Gasteiger charge is -2.17. The zero-order valence-corrected chi connectivity index (χ0v) is 15.8. The van der Waals surface area contributed by atoms with E-state index in [0.717, 1.165) is 5.56 Å². The standard InChI is InChI=1S/C18H18N4O4S/c1-22-12(17(23)24)10-19-18(22)27-15(11-7-5-4-6-8-11)16-20-13(25-2)9-14(21-16)26-3/h4-10,15H,1-3H3,(H,23,24). The first-order valence-electron chi connectivity index (χ1n) is 7.97. The highest BCUT2D eigenvalue weighted by Crippen LogP contribution is 2.39. The van der Waals surface area contributed by atoms with Crippen LogP contribution in [0.4, 0.5) is 0 Å². The second kappa shape index (κ2) is 8.09. The minimum Gasteiger partial charge on any atom is -0.481 e. The van der Waals surface area contributed by atoms with E-state index >= 15 is 0 Å². The molecule has 9 heteroatoms. The van der Waals surface area contributed by atoms with Crippen molar-refractivity contribution in [1.82, 2.24) is 19.5 Å². The monoisotopic (exact) mass is 386 g/mol. The van der Waals surface area contributed by atoms with Gasteiger partial charge in [0.15, 0.2) is 11.0 Å². The van der Waals surface area contributed by atoms with E-state index in [2.05, 4.69) is 15.0 Å². The molecule has 1 atom stereocenters. The maximum Gasteiger partial charge on any atom is 0.354 e. The van der Waals surface area contributed by atoms with Gasteiger partial charge >= 0.3 is 5.97 Å². The summed E-state index contributed by atoms with van der Waals surface area (Å²) in [5.74, 6) is 0.198. The number of carboxylic acids is 1. The minimum absolute atomic E-state index is 0.105.